The third-order valence-electron chi connectivity index (χ3n) is 4.32. The highest BCUT2D eigenvalue weighted by Gasteiger charge is 2.43. The Morgan fingerprint density at radius 2 is 2.28 bits per heavy atom. The van der Waals surface area contributed by atoms with Crippen molar-refractivity contribution in [2.75, 3.05) is 13.1 Å². The Balaban J connectivity index is 1.73. The second-order valence-electron chi connectivity index (χ2n) is 5.48. The molecule has 0 radical (unpaired) electrons. The van der Waals surface area contributed by atoms with E-state index >= 15 is 0 Å². The van der Waals surface area contributed by atoms with Crippen molar-refractivity contribution >= 4 is 11.8 Å². The number of hydrogen-bond donors (Lipinski definition) is 2. The fourth-order valence-corrected chi connectivity index (χ4v) is 3.35. The molecule has 0 aromatic carbocycles. The number of fused-ring (bicyclic) bond motifs is 1. The van der Waals surface area contributed by atoms with Crippen molar-refractivity contribution in [2.24, 2.45) is 17.6 Å². The molecule has 2 amide bonds. The Bertz CT molecular complexity index is 407. The van der Waals surface area contributed by atoms with Crippen LogP contribution in [0.4, 0.5) is 0 Å². The number of nitrogens with one attached hydrogen (secondary N) is 1. The monoisotopic (exact) mass is 249 g/mol. The lowest BCUT2D eigenvalue weighted by atomic mass is 9.90. The molecule has 98 valence electrons. The molecule has 0 bridgehead atoms. The summed E-state index contributed by atoms with van der Waals surface area (Å²) >= 11 is 0. The number of likely N-dealkylation sites (tertiary alicyclic amines) is 1. The highest BCUT2D eigenvalue weighted by Crippen LogP contribution is 2.30. The second-order valence-corrected chi connectivity index (χ2v) is 5.48. The Kier molecular flexibility index (Phi) is 2.86. The van der Waals surface area contributed by atoms with Gasteiger partial charge < -0.3 is 16.0 Å². The summed E-state index contributed by atoms with van der Waals surface area (Å²) in [5.41, 5.74) is 5.80. The van der Waals surface area contributed by atoms with Crippen LogP contribution >= 0.6 is 0 Å². The maximum atomic E-state index is 12.5. The smallest absolute Gasteiger partial charge is 0.229 e. The van der Waals surface area contributed by atoms with Gasteiger partial charge in [0.25, 0.3) is 0 Å². The summed E-state index contributed by atoms with van der Waals surface area (Å²) in [6, 6.07) is 0.0619. The van der Waals surface area contributed by atoms with Gasteiger partial charge in [0.2, 0.25) is 11.8 Å². The number of carbonyl (C=O) groups is 2. The van der Waals surface area contributed by atoms with Crippen LogP contribution in [0.3, 0.4) is 0 Å². The van der Waals surface area contributed by atoms with E-state index in [1.165, 1.54) is 0 Å². The Morgan fingerprint density at radius 1 is 1.44 bits per heavy atom. The van der Waals surface area contributed by atoms with Gasteiger partial charge in [0.05, 0.1) is 17.9 Å². The largest absolute Gasteiger partial charge is 0.354 e. The lowest BCUT2D eigenvalue weighted by molar-refractivity contribution is -0.139. The average molecular weight is 249 g/mol. The Morgan fingerprint density at radius 3 is 3.00 bits per heavy atom. The zero-order valence-electron chi connectivity index (χ0n) is 10.3. The van der Waals surface area contributed by atoms with E-state index in [1.54, 1.807) is 0 Å². The van der Waals surface area contributed by atoms with Crippen LogP contribution in [0.1, 0.15) is 19.3 Å². The Hall–Kier alpha value is -1.36. The molecule has 18 heavy (non-hydrogen) atoms. The van der Waals surface area contributed by atoms with Crippen LogP contribution in [-0.2, 0) is 9.59 Å². The summed E-state index contributed by atoms with van der Waals surface area (Å²) in [7, 11) is 0. The average Bonchev–Trinajstić information content (AvgIpc) is 2.96. The Labute approximate surface area is 106 Å². The van der Waals surface area contributed by atoms with Crippen LogP contribution in [0.5, 0.6) is 0 Å². The van der Waals surface area contributed by atoms with Gasteiger partial charge >= 0.3 is 0 Å². The van der Waals surface area contributed by atoms with Crippen LogP contribution in [0.15, 0.2) is 12.2 Å². The van der Waals surface area contributed by atoms with Crippen LogP contribution < -0.4 is 11.1 Å². The fourth-order valence-electron chi connectivity index (χ4n) is 3.35. The third-order valence-corrected chi connectivity index (χ3v) is 4.32. The predicted molar refractivity (Wildman–Crippen MR) is 66.5 cm³/mol. The van der Waals surface area contributed by atoms with Crippen LogP contribution in [0.2, 0.25) is 0 Å². The van der Waals surface area contributed by atoms with Crippen molar-refractivity contribution in [3.05, 3.63) is 12.2 Å². The van der Waals surface area contributed by atoms with Crippen molar-refractivity contribution in [3.8, 4) is 0 Å². The summed E-state index contributed by atoms with van der Waals surface area (Å²) in [4.78, 5) is 26.0. The van der Waals surface area contributed by atoms with E-state index in [4.69, 9.17) is 5.73 Å². The first-order valence-corrected chi connectivity index (χ1v) is 6.69. The SMILES string of the molecule is NC1C=CC(C(=O)N2CCCC3C(=O)NCC32)C1. The van der Waals surface area contributed by atoms with Gasteiger partial charge in [0.1, 0.15) is 0 Å². The highest BCUT2D eigenvalue weighted by molar-refractivity contribution is 5.86. The molecular formula is C13H19N3O2. The zero-order chi connectivity index (χ0) is 12.7. The minimum absolute atomic E-state index is 0.00163. The fraction of sp³-hybridized carbons (Fsp3) is 0.692. The van der Waals surface area contributed by atoms with Crippen molar-refractivity contribution in [2.45, 2.75) is 31.3 Å². The molecule has 5 heteroatoms. The van der Waals surface area contributed by atoms with Gasteiger partial charge in [-0.3, -0.25) is 9.59 Å². The molecule has 0 aromatic heterocycles. The summed E-state index contributed by atoms with van der Waals surface area (Å²) < 4.78 is 0. The number of nitrogens with two attached hydrogens (primary N) is 1. The first kappa shape index (κ1) is 11.7. The van der Waals surface area contributed by atoms with E-state index in [2.05, 4.69) is 5.32 Å². The molecule has 2 heterocycles. The van der Waals surface area contributed by atoms with Gasteiger partial charge in [-0.15, -0.1) is 0 Å². The minimum atomic E-state index is -0.0885. The van der Waals surface area contributed by atoms with Crippen molar-refractivity contribution in [1.82, 2.24) is 10.2 Å². The standard InChI is InChI=1S/C13H19N3O2/c14-9-4-3-8(6-9)13(18)16-5-1-2-10-11(16)7-15-12(10)17/h3-4,8-11H,1-2,5-7,14H2,(H,15,17). The normalized spacial score (nSPS) is 38.7. The van der Waals surface area contributed by atoms with Crippen molar-refractivity contribution in [1.29, 1.82) is 0 Å². The number of piperidine rings is 1. The van der Waals surface area contributed by atoms with E-state index in [9.17, 15) is 9.59 Å². The van der Waals surface area contributed by atoms with E-state index in [-0.39, 0.29) is 35.7 Å². The van der Waals surface area contributed by atoms with Crippen molar-refractivity contribution < 1.29 is 9.59 Å². The van der Waals surface area contributed by atoms with Gasteiger partial charge in [0, 0.05) is 19.1 Å². The molecule has 3 aliphatic rings. The van der Waals surface area contributed by atoms with Gasteiger partial charge in [0.15, 0.2) is 0 Å². The lowest BCUT2D eigenvalue weighted by Crippen LogP contribution is -2.50. The molecule has 2 fully saturated rings. The third kappa shape index (κ3) is 1.82. The molecule has 5 nitrogen and oxygen atoms in total. The first-order valence-electron chi connectivity index (χ1n) is 6.69. The molecular weight excluding hydrogens is 230 g/mol. The molecule has 4 unspecified atom stereocenters. The first-order chi connectivity index (χ1) is 8.66. The zero-order valence-corrected chi connectivity index (χ0v) is 10.3. The predicted octanol–water partition coefficient (Wildman–Crippen LogP) is -0.373. The maximum Gasteiger partial charge on any atom is 0.229 e. The van der Waals surface area contributed by atoms with Gasteiger partial charge in [-0.1, -0.05) is 12.2 Å². The van der Waals surface area contributed by atoms with Gasteiger partial charge in [-0.25, -0.2) is 0 Å². The second kappa shape index (κ2) is 4.39. The van der Waals surface area contributed by atoms with E-state index < -0.39 is 0 Å². The number of amides is 2. The summed E-state index contributed by atoms with van der Waals surface area (Å²) in [6.45, 7) is 1.38. The molecule has 3 N–H and O–H groups in total. The molecule has 0 spiro atoms. The molecule has 3 rings (SSSR count). The van der Waals surface area contributed by atoms with E-state index in [1.807, 2.05) is 17.1 Å². The molecule has 2 aliphatic heterocycles. The van der Waals surface area contributed by atoms with Crippen molar-refractivity contribution in [3.63, 3.8) is 0 Å². The number of hydrogen-bond acceptors (Lipinski definition) is 3. The van der Waals surface area contributed by atoms with E-state index in [0.717, 1.165) is 19.4 Å². The number of rotatable bonds is 1. The van der Waals surface area contributed by atoms with Gasteiger partial charge in [-0.2, -0.15) is 0 Å². The minimum Gasteiger partial charge on any atom is -0.354 e. The number of nitrogens with zero attached hydrogens (tertiary/aromatic N) is 1. The summed E-state index contributed by atoms with van der Waals surface area (Å²) in [5, 5.41) is 2.87. The molecule has 0 saturated carbocycles. The summed E-state index contributed by atoms with van der Waals surface area (Å²) in [5.74, 6) is 0.165. The molecule has 0 aromatic rings. The van der Waals surface area contributed by atoms with E-state index in [0.29, 0.717) is 13.0 Å². The topological polar surface area (TPSA) is 75.4 Å². The summed E-state index contributed by atoms with van der Waals surface area (Å²) in [6.07, 6.45) is 6.35. The molecule has 4 atom stereocenters. The molecule has 2 saturated heterocycles. The van der Waals surface area contributed by atoms with Crippen LogP contribution in [-0.4, -0.2) is 41.9 Å². The van der Waals surface area contributed by atoms with Gasteiger partial charge in [-0.05, 0) is 19.3 Å². The van der Waals surface area contributed by atoms with Crippen LogP contribution in [0, 0.1) is 11.8 Å². The lowest BCUT2D eigenvalue weighted by Gasteiger charge is -2.37. The quantitative estimate of drug-likeness (QED) is 0.622. The maximum absolute atomic E-state index is 12.5. The highest BCUT2D eigenvalue weighted by atomic mass is 16.2. The molecule has 1 aliphatic carbocycles. The van der Waals surface area contributed by atoms with Crippen LogP contribution in [0.25, 0.3) is 0 Å². The number of carbonyl (C=O) groups excluding carboxylic acids is 2.